The molecular weight excluding hydrogens is 301 g/mol. The molecule has 2 rings (SSSR count). The quantitative estimate of drug-likeness (QED) is 0.796. The third-order valence-corrected chi connectivity index (χ3v) is 4.54. The van der Waals surface area contributed by atoms with Gasteiger partial charge in [0, 0.05) is 0 Å². The maximum atomic E-state index is 6.31. The fourth-order valence-electron chi connectivity index (χ4n) is 2.58. The number of benzene rings is 2. The third-order valence-electron chi connectivity index (χ3n) is 3.68. The van der Waals surface area contributed by atoms with Crippen molar-refractivity contribution in [3.8, 4) is 0 Å². The predicted molar refractivity (Wildman–Crippen MR) is 92.5 cm³/mol. The van der Waals surface area contributed by atoms with E-state index in [4.69, 9.17) is 23.2 Å². The Labute approximate surface area is 137 Å². The van der Waals surface area contributed by atoms with Crippen LogP contribution >= 0.6 is 23.2 Å². The van der Waals surface area contributed by atoms with Crippen molar-refractivity contribution >= 4 is 23.2 Å². The fraction of sp³-hybridized carbons (Fsp3) is 0.333. The topological polar surface area (TPSA) is 12.0 Å². The molecular formula is C18H21Cl2N. The lowest BCUT2D eigenvalue weighted by Crippen LogP contribution is -2.23. The number of rotatable bonds is 6. The van der Waals surface area contributed by atoms with E-state index >= 15 is 0 Å². The molecule has 21 heavy (non-hydrogen) atoms. The molecule has 0 saturated carbocycles. The molecule has 0 saturated heterocycles. The van der Waals surface area contributed by atoms with Gasteiger partial charge in [0.1, 0.15) is 0 Å². The van der Waals surface area contributed by atoms with Gasteiger partial charge in [-0.05, 0) is 56.5 Å². The van der Waals surface area contributed by atoms with Crippen LogP contribution in [-0.2, 0) is 12.8 Å². The van der Waals surface area contributed by atoms with Crippen LogP contribution in [0.25, 0.3) is 0 Å². The van der Waals surface area contributed by atoms with Crippen LogP contribution in [0, 0.1) is 12.8 Å². The summed E-state index contributed by atoms with van der Waals surface area (Å²) in [6.45, 7) is 3.07. The molecule has 0 bridgehead atoms. The van der Waals surface area contributed by atoms with Gasteiger partial charge in [-0.25, -0.2) is 0 Å². The van der Waals surface area contributed by atoms with E-state index in [1.807, 2.05) is 19.2 Å². The van der Waals surface area contributed by atoms with Gasteiger partial charge in [0.15, 0.2) is 0 Å². The summed E-state index contributed by atoms with van der Waals surface area (Å²) in [4.78, 5) is 0. The molecule has 0 spiro atoms. The normalized spacial score (nSPS) is 12.4. The minimum Gasteiger partial charge on any atom is -0.319 e. The molecule has 3 heteroatoms. The highest BCUT2D eigenvalue weighted by molar-refractivity contribution is 6.42. The first-order valence-electron chi connectivity index (χ1n) is 7.23. The number of aryl methyl sites for hydroxylation is 1. The Balaban J connectivity index is 2.11. The van der Waals surface area contributed by atoms with Crippen LogP contribution in [-0.4, -0.2) is 13.6 Å². The standard InChI is InChI=1S/C18H21Cl2N/c1-13-6-8-14(9-7-13)10-15(12-21-2)11-16-4-3-5-17(19)18(16)20/h3-9,15,21H,10-12H2,1-2H3. The van der Waals surface area contributed by atoms with Crippen molar-refractivity contribution in [3.05, 3.63) is 69.2 Å². The van der Waals surface area contributed by atoms with Gasteiger partial charge in [-0.2, -0.15) is 0 Å². The molecule has 0 radical (unpaired) electrons. The second kappa shape index (κ2) is 7.84. The van der Waals surface area contributed by atoms with E-state index in [-0.39, 0.29) is 0 Å². The first kappa shape index (κ1) is 16.4. The van der Waals surface area contributed by atoms with Crippen LogP contribution in [0.5, 0.6) is 0 Å². The number of halogens is 2. The molecule has 1 nitrogen and oxygen atoms in total. The summed E-state index contributed by atoms with van der Waals surface area (Å²) in [6.07, 6.45) is 1.96. The predicted octanol–water partition coefficient (Wildman–Crippen LogP) is 4.92. The molecule has 1 atom stereocenters. The maximum Gasteiger partial charge on any atom is 0.0624 e. The monoisotopic (exact) mass is 321 g/mol. The molecule has 1 N–H and O–H groups in total. The Kier molecular flexibility index (Phi) is 6.10. The summed E-state index contributed by atoms with van der Waals surface area (Å²) in [5, 5.41) is 4.59. The molecule has 2 aromatic rings. The maximum absolute atomic E-state index is 6.31. The number of nitrogens with one attached hydrogen (secondary N) is 1. The second-order valence-corrected chi connectivity index (χ2v) is 6.32. The molecule has 0 aromatic heterocycles. The summed E-state index contributed by atoms with van der Waals surface area (Å²) in [7, 11) is 1.99. The van der Waals surface area contributed by atoms with Crippen LogP contribution < -0.4 is 5.32 Å². The molecule has 0 fully saturated rings. The van der Waals surface area contributed by atoms with Gasteiger partial charge < -0.3 is 5.32 Å². The van der Waals surface area contributed by atoms with Gasteiger partial charge in [0.2, 0.25) is 0 Å². The highest BCUT2D eigenvalue weighted by atomic mass is 35.5. The molecule has 1 unspecified atom stereocenters. The van der Waals surface area contributed by atoms with Crippen molar-refractivity contribution in [3.63, 3.8) is 0 Å². The van der Waals surface area contributed by atoms with Gasteiger partial charge in [-0.3, -0.25) is 0 Å². The Hall–Kier alpha value is -1.02. The van der Waals surface area contributed by atoms with Crippen LogP contribution in [0.4, 0.5) is 0 Å². The van der Waals surface area contributed by atoms with E-state index in [9.17, 15) is 0 Å². The third kappa shape index (κ3) is 4.74. The summed E-state index contributed by atoms with van der Waals surface area (Å²) < 4.78 is 0. The zero-order chi connectivity index (χ0) is 15.2. The smallest absolute Gasteiger partial charge is 0.0624 e. The SMILES string of the molecule is CNCC(Cc1ccc(C)cc1)Cc1cccc(Cl)c1Cl. The van der Waals surface area contributed by atoms with E-state index in [0.29, 0.717) is 16.0 Å². The highest BCUT2D eigenvalue weighted by Gasteiger charge is 2.13. The van der Waals surface area contributed by atoms with E-state index in [2.05, 4.69) is 42.6 Å². The number of hydrogen-bond donors (Lipinski definition) is 1. The molecule has 0 aliphatic carbocycles. The Morgan fingerprint density at radius 2 is 1.71 bits per heavy atom. The lowest BCUT2D eigenvalue weighted by Gasteiger charge is -2.18. The molecule has 0 heterocycles. The minimum atomic E-state index is 0.494. The molecule has 112 valence electrons. The van der Waals surface area contributed by atoms with Crippen molar-refractivity contribution in [2.24, 2.45) is 5.92 Å². The summed E-state index contributed by atoms with van der Waals surface area (Å²) in [5.41, 5.74) is 3.78. The lowest BCUT2D eigenvalue weighted by molar-refractivity contribution is 0.493. The first-order valence-corrected chi connectivity index (χ1v) is 7.98. The van der Waals surface area contributed by atoms with Crippen molar-refractivity contribution in [2.75, 3.05) is 13.6 Å². The van der Waals surface area contributed by atoms with Gasteiger partial charge in [-0.15, -0.1) is 0 Å². The van der Waals surface area contributed by atoms with E-state index in [1.165, 1.54) is 11.1 Å². The zero-order valence-electron chi connectivity index (χ0n) is 12.5. The Morgan fingerprint density at radius 3 is 2.38 bits per heavy atom. The van der Waals surface area contributed by atoms with Gasteiger partial charge in [-0.1, -0.05) is 65.2 Å². The molecule has 2 aromatic carbocycles. The van der Waals surface area contributed by atoms with Crippen LogP contribution in [0.3, 0.4) is 0 Å². The average molecular weight is 322 g/mol. The summed E-state index contributed by atoms with van der Waals surface area (Å²) in [5.74, 6) is 0.494. The summed E-state index contributed by atoms with van der Waals surface area (Å²) in [6, 6.07) is 14.6. The molecule has 0 aliphatic heterocycles. The van der Waals surface area contributed by atoms with Crippen molar-refractivity contribution < 1.29 is 0 Å². The van der Waals surface area contributed by atoms with E-state index in [1.54, 1.807) is 0 Å². The molecule has 0 amide bonds. The molecule has 0 aliphatic rings. The average Bonchev–Trinajstić information content (AvgIpc) is 2.46. The van der Waals surface area contributed by atoms with Crippen molar-refractivity contribution in [2.45, 2.75) is 19.8 Å². The van der Waals surface area contributed by atoms with Gasteiger partial charge in [0.25, 0.3) is 0 Å². The Morgan fingerprint density at radius 1 is 1.00 bits per heavy atom. The number of hydrogen-bond acceptors (Lipinski definition) is 1. The van der Waals surface area contributed by atoms with Gasteiger partial charge >= 0.3 is 0 Å². The van der Waals surface area contributed by atoms with Crippen LogP contribution in [0.1, 0.15) is 16.7 Å². The fourth-order valence-corrected chi connectivity index (χ4v) is 2.98. The minimum absolute atomic E-state index is 0.494. The van der Waals surface area contributed by atoms with Crippen molar-refractivity contribution in [1.82, 2.24) is 5.32 Å². The van der Waals surface area contributed by atoms with Crippen molar-refractivity contribution in [1.29, 1.82) is 0 Å². The second-order valence-electron chi connectivity index (χ2n) is 5.53. The summed E-state index contributed by atoms with van der Waals surface area (Å²) >= 11 is 12.4. The Bertz CT molecular complexity index is 578. The lowest BCUT2D eigenvalue weighted by atomic mass is 9.92. The van der Waals surface area contributed by atoms with E-state index in [0.717, 1.165) is 24.9 Å². The first-order chi connectivity index (χ1) is 10.1. The van der Waals surface area contributed by atoms with Gasteiger partial charge in [0.05, 0.1) is 10.0 Å². The van der Waals surface area contributed by atoms with Crippen LogP contribution in [0.2, 0.25) is 10.0 Å². The highest BCUT2D eigenvalue weighted by Crippen LogP contribution is 2.28. The van der Waals surface area contributed by atoms with Crippen LogP contribution in [0.15, 0.2) is 42.5 Å². The largest absolute Gasteiger partial charge is 0.319 e. The van der Waals surface area contributed by atoms with E-state index < -0.39 is 0 Å². The zero-order valence-corrected chi connectivity index (χ0v) is 14.0.